The summed E-state index contributed by atoms with van der Waals surface area (Å²) in [5.41, 5.74) is 1.97. The fourth-order valence-electron chi connectivity index (χ4n) is 1.56. The molecule has 100 valence electrons. The maximum absolute atomic E-state index is 11.4. The van der Waals surface area contributed by atoms with E-state index in [1.807, 2.05) is 31.2 Å². The topological polar surface area (TPSA) is 71.3 Å². The molecule has 2 amide bonds. The molecular weight excluding hydrogens is 244 g/mol. The van der Waals surface area contributed by atoms with Gasteiger partial charge in [0, 0.05) is 19.7 Å². The summed E-state index contributed by atoms with van der Waals surface area (Å²) in [6.07, 6.45) is 0. The first-order chi connectivity index (χ1) is 9.08. The number of carbonyl (C=O) groups is 1. The van der Waals surface area contributed by atoms with Crippen molar-refractivity contribution in [2.75, 3.05) is 14.1 Å². The zero-order chi connectivity index (χ0) is 13.8. The Morgan fingerprint density at radius 2 is 2.05 bits per heavy atom. The van der Waals surface area contributed by atoms with Crippen LogP contribution < -0.4 is 5.32 Å². The van der Waals surface area contributed by atoms with Crippen LogP contribution in [0.15, 0.2) is 28.7 Å². The first-order valence-corrected chi connectivity index (χ1v) is 5.91. The van der Waals surface area contributed by atoms with Crippen LogP contribution in [-0.4, -0.2) is 35.2 Å². The number of aromatic nitrogens is 2. The van der Waals surface area contributed by atoms with Crippen molar-refractivity contribution in [3.05, 3.63) is 35.7 Å². The van der Waals surface area contributed by atoms with Gasteiger partial charge in [0.15, 0.2) is 0 Å². The van der Waals surface area contributed by atoms with Gasteiger partial charge in [0.2, 0.25) is 11.8 Å². The molecular formula is C13H16N4O2. The highest BCUT2D eigenvalue weighted by Gasteiger charge is 2.11. The van der Waals surface area contributed by atoms with E-state index in [2.05, 4.69) is 15.5 Å². The van der Waals surface area contributed by atoms with E-state index < -0.39 is 0 Å². The Bertz CT molecular complexity index is 578. The van der Waals surface area contributed by atoms with Crippen molar-refractivity contribution >= 4 is 6.03 Å². The Hall–Kier alpha value is -2.37. The summed E-state index contributed by atoms with van der Waals surface area (Å²) in [5, 5.41) is 10.6. The highest BCUT2D eigenvalue weighted by atomic mass is 16.4. The van der Waals surface area contributed by atoms with E-state index in [0.717, 1.165) is 11.1 Å². The smallest absolute Gasteiger partial charge is 0.317 e. The molecule has 1 heterocycles. The second kappa shape index (κ2) is 5.51. The van der Waals surface area contributed by atoms with Gasteiger partial charge >= 0.3 is 6.03 Å². The highest BCUT2D eigenvalue weighted by Crippen LogP contribution is 2.21. The van der Waals surface area contributed by atoms with Crippen molar-refractivity contribution in [3.63, 3.8) is 0 Å². The van der Waals surface area contributed by atoms with Gasteiger partial charge in [0.05, 0.1) is 6.54 Å². The molecule has 0 radical (unpaired) electrons. The molecule has 0 aliphatic heterocycles. The second-order valence-electron chi connectivity index (χ2n) is 4.37. The van der Waals surface area contributed by atoms with Gasteiger partial charge in [-0.2, -0.15) is 0 Å². The standard InChI is InChI=1S/C13H16N4O2/c1-9-6-4-5-7-10(9)12-16-15-11(19-12)8-14-13(18)17(2)3/h4-7H,8H2,1-3H3,(H,14,18). The van der Waals surface area contributed by atoms with Crippen LogP contribution in [0.2, 0.25) is 0 Å². The summed E-state index contributed by atoms with van der Waals surface area (Å²) in [7, 11) is 3.34. The van der Waals surface area contributed by atoms with Crippen molar-refractivity contribution in [1.29, 1.82) is 0 Å². The van der Waals surface area contributed by atoms with E-state index in [9.17, 15) is 4.79 Å². The molecule has 1 aromatic heterocycles. The van der Waals surface area contributed by atoms with Crippen LogP contribution in [0.25, 0.3) is 11.5 Å². The molecule has 2 aromatic rings. The number of urea groups is 1. The first-order valence-electron chi connectivity index (χ1n) is 5.91. The van der Waals surface area contributed by atoms with Crippen molar-refractivity contribution in [2.45, 2.75) is 13.5 Å². The highest BCUT2D eigenvalue weighted by molar-refractivity contribution is 5.73. The van der Waals surface area contributed by atoms with E-state index in [0.29, 0.717) is 11.8 Å². The third-order valence-electron chi connectivity index (χ3n) is 2.64. The summed E-state index contributed by atoms with van der Waals surface area (Å²) in [6, 6.07) is 7.57. The number of nitrogens with zero attached hydrogens (tertiary/aromatic N) is 3. The number of amides is 2. The van der Waals surface area contributed by atoms with Gasteiger partial charge in [-0.25, -0.2) is 4.79 Å². The van der Waals surface area contributed by atoms with Crippen LogP contribution in [0.1, 0.15) is 11.5 Å². The number of hydrogen-bond donors (Lipinski definition) is 1. The molecule has 0 aliphatic rings. The average molecular weight is 260 g/mol. The van der Waals surface area contributed by atoms with Gasteiger partial charge in [0.1, 0.15) is 0 Å². The quantitative estimate of drug-likeness (QED) is 0.913. The average Bonchev–Trinajstić information content (AvgIpc) is 2.85. The van der Waals surface area contributed by atoms with Gasteiger partial charge < -0.3 is 14.6 Å². The Morgan fingerprint density at radius 1 is 1.32 bits per heavy atom. The molecule has 6 nitrogen and oxygen atoms in total. The minimum Gasteiger partial charge on any atom is -0.419 e. The SMILES string of the molecule is Cc1ccccc1-c1nnc(CNC(=O)N(C)C)o1. The maximum atomic E-state index is 11.4. The molecule has 0 aliphatic carbocycles. The van der Waals surface area contributed by atoms with Gasteiger partial charge in [-0.15, -0.1) is 10.2 Å². The predicted octanol–water partition coefficient (Wildman–Crippen LogP) is 1.82. The molecule has 0 saturated heterocycles. The lowest BCUT2D eigenvalue weighted by Gasteiger charge is -2.09. The number of rotatable bonds is 3. The Balaban J connectivity index is 2.08. The predicted molar refractivity (Wildman–Crippen MR) is 70.4 cm³/mol. The normalized spacial score (nSPS) is 10.3. The lowest BCUT2D eigenvalue weighted by molar-refractivity contribution is 0.216. The summed E-state index contributed by atoms with van der Waals surface area (Å²) >= 11 is 0. The van der Waals surface area contributed by atoms with Crippen LogP contribution >= 0.6 is 0 Å². The molecule has 0 fully saturated rings. The fourth-order valence-corrected chi connectivity index (χ4v) is 1.56. The Labute approximate surface area is 111 Å². The molecule has 0 saturated carbocycles. The fraction of sp³-hybridized carbons (Fsp3) is 0.308. The van der Waals surface area contributed by atoms with E-state index in [1.165, 1.54) is 4.90 Å². The summed E-state index contributed by atoms with van der Waals surface area (Å²) in [5.74, 6) is 0.848. The minimum absolute atomic E-state index is 0.198. The van der Waals surface area contributed by atoms with Crippen molar-refractivity contribution in [1.82, 2.24) is 20.4 Å². The molecule has 6 heteroatoms. The molecule has 0 bridgehead atoms. The monoisotopic (exact) mass is 260 g/mol. The zero-order valence-corrected chi connectivity index (χ0v) is 11.2. The number of hydrogen-bond acceptors (Lipinski definition) is 4. The van der Waals surface area contributed by atoms with Crippen LogP contribution in [0.3, 0.4) is 0 Å². The van der Waals surface area contributed by atoms with Crippen LogP contribution in [0.4, 0.5) is 4.79 Å². The Kier molecular flexibility index (Phi) is 3.79. The molecule has 1 N–H and O–H groups in total. The van der Waals surface area contributed by atoms with Gasteiger partial charge in [-0.05, 0) is 18.6 Å². The lowest BCUT2D eigenvalue weighted by Crippen LogP contribution is -2.34. The van der Waals surface area contributed by atoms with Gasteiger partial charge in [-0.3, -0.25) is 0 Å². The largest absolute Gasteiger partial charge is 0.419 e. The van der Waals surface area contributed by atoms with Crippen molar-refractivity contribution in [2.24, 2.45) is 0 Å². The zero-order valence-electron chi connectivity index (χ0n) is 11.2. The van der Waals surface area contributed by atoms with E-state index >= 15 is 0 Å². The third kappa shape index (κ3) is 3.09. The summed E-state index contributed by atoms with van der Waals surface area (Å²) < 4.78 is 5.53. The molecule has 19 heavy (non-hydrogen) atoms. The Morgan fingerprint density at radius 3 is 2.74 bits per heavy atom. The van der Waals surface area contributed by atoms with Gasteiger partial charge in [-0.1, -0.05) is 18.2 Å². The minimum atomic E-state index is -0.198. The molecule has 1 aromatic carbocycles. The van der Waals surface area contributed by atoms with E-state index in [-0.39, 0.29) is 12.6 Å². The summed E-state index contributed by atoms with van der Waals surface area (Å²) in [4.78, 5) is 12.8. The maximum Gasteiger partial charge on any atom is 0.317 e. The molecule has 2 rings (SSSR count). The number of carbonyl (C=O) groups excluding carboxylic acids is 1. The molecule has 0 unspecified atom stereocenters. The number of aryl methyl sites for hydroxylation is 1. The van der Waals surface area contributed by atoms with Crippen LogP contribution in [0.5, 0.6) is 0 Å². The van der Waals surface area contributed by atoms with Crippen LogP contribution in [0, 0.1) is 6.92 Å². The van der Waals surface area contributed by atoms with Crippen molar-refractivity contribution in [3.8, 4) is 11.5 Å². The van der Waals surface area contributed by atoms with E-state index in [1.54, 1.807) is 14.1 Å². The molecule has 0 spiro atoms. The first kappa shape index (κ1) is 13.1. The van der Waals surface area contributed by atoms with Gasteiger partial charge in [0.25, 0.3) is 0 Å². The summed E-state index contributed by atoms with van der Waals surface area (Å²) in [6.45, 7) is 2.20. The number of benzene rings is 1. The van der Waals surface area contributed by atoms with Crippen LogP contribution in [-0.2, 0) is 6.54 Å². The molecule has 0 atom stereocenters. The lowest BCUT2D eigenvalue weighted by atomic mass is 10.1. The number of nitrogens with one attached hydrogen (secondary N) is 1. The van der Waals surface area contributed by atoms with E-state index in [4.69, 9.17) is 4.42 Å². The van der Waals surface area contributed by atoms with Crippen molar-refractivity contribution < 1.29 is 9.21 Å². The second-order valence-corrected chi connectivity index (χ2v) is 4.37. The third-order valence-corrected chi connectivity index (χ3v) is 2.64.